The van der Waals surface area contributed by atoms with E-state index < -0.39 is 0 Å². The van der Waals surface area contributed by atoms with Crippen LogP contribution in [0.4, 0.5) is 0 Å². The molecule has 0 fully saturated rings. The van der Waals surface area contributed by atoms with Gasteiger partial charge in [-0.25, -0.2) is 4.98 Å². The third-order valence-corrected chi connectivity index (χ3v) is 5.25. The van der Waals surface area contributed by atoms with Crippen LogP contribution in [0.3, 0.4) is 0 Å². The number of nitrogens with zero attached hydrogens (tertiary/aromatic N) is 1. The first-order chi connectivity index (χ1) is 14.5. The van der Waals surface area contributed by atoms with Crippen LogP contribution in [0.2, 0.25) is 0 Å². The van der Waals surface area contributed by atoms with E-state index in [1.807, 2.05) is 54.6 Å². The number of amides is 1. The highest BCUT2D eigenvalue weighted by Gasteiger charge is 2.20. The fourth-order valence-electron chi connectivity index (χ4n) is 3.82. The summed E-state index contributed by atoms with van der Waals surface area (Å²) in [7, 11) is 0. The van der Waals surface area contributed by atoms with E-state index in [-0.39, 0.29) is 23.9 Å². The molecule has 0 aliphatic rings. The van der Waals surface area contributed by atoms with Crippen LogP contribution in [0.25, 0.3) is 10.8 Å². The standard InChI is InChI=1S/C25H23N3O2/c1-16-22(25(30)27-17(2)26-16)15-23(29)28-24(19-10-4-3-5-11-19)21-14-8-12-18-9-6-7-13-20(18)21/h3-14,24H,15H2,1-2H3,(H,28,29)(H,26,27,30). The molecule has 4 aromatic rings. The van der Waals surface area contributed by atoms with Crippen LogP contribution in [0.5, 0.6) is 0 Å². The van der Waals surface area contributed by atoms with Gasteiger partial charge in [-0.05, 0) is 35.7 Å². The Balaban J connectivity index is 1.71. The van der Waals surface area contributed by atoms with Crippen molar-refractivity contribution < 1.29 is 4.79 Å². The van der Waals surface area contributed by atoms with Gasteiger partial charge in [-0.3, -0.25) is 9.59 Å². The first kappa shape index (κ1) is 19.6. The van der Waals surface area contributed by atoms with Crippen LogP contribution in [0.15, 0.2) is 77.6 Å². The Morgan fingerprint density at radius 2 is 1.67 bits per heavy atom. The number of benzene rings is 3. The van der Waals surface area contributed by atoms with E-state index in [0.717, 1.165) is 21.9 Å². The molecule has 0 spiro atoms. The largest absolute Gasteiger partial charge is 0.345 e. The number of nitrogens with one attached hydrogen (secondary N) is 2. The van der Waals surface area contributed by atoms with Gasteiger partial charge < -0.3 is 10.3 Å². The van der Waals surface area contributed by atoms with Crippen molar-refractivity contribution in [1.82, 2.24) is 15.3 Å². The van der Waals surface area contributed by atoms with Gasteiger partial charge in [0.15, 0.2) is 0 Å². The van der Waals surface area contributed by atoms with Crippen LogP contribution in [0, 0.1) is 13.8 Å². The molecule has 0 aliphatic heterocycles. The SMILES string of the molecule is Cc1nc(C)c(CC(=O)NC(c2ccccc2)c2cccc3ccccc23)c(=O)[nH]1. The molecule has 5 heteroatoms. The monoisotopic (exact) mass is 397 g/mol. The van der Waals surface area contributed by atoms with Gasteiger partial charge in [0.05, 0.1) is 12.5 Å². The zero-order valence-electron chi connectivity index (χ0n) is 17.0. The maximum absolute atomic E-state index is 13.0. The summed E-state index contributed by atoms with van der Waals surface area (Å²) in [5.74, 6) is 0.315. The fourth-order valence-corrected chi connectivity index (χ4v) is 3.82. The number of hydrogen-bond donors (Lipinski definition) is 2. The number of H-pyrrole nitrogens is 1. The predicted molar refractivity (Wildman–Crippen MR) is 118 cm³/mol. The summed E-state index contributed by atoms with van der Waals surface area (Å²) in [5, 5.41) is 5.33. The smallest absolute Gasteiger partial charge is 0.254 e. The van der Waals surface area contributed by atoms with Gasteiger partial charge >= 0.3 is 0 Å². The average Bonchev–Trinajstić information content (AvgIpc) is 2.75. The van der Waals surface area contributed by atoms with Crippen molar-refractivity contribution in [3.05, 3.63) is 111 Å². The van der Waals surface area contributed by atoms with E-state index >= 15 is 0 Å². The molecule has 1 unspecified atom stereocenters. The van der Waals surface area contributed by atoms with E-state index in [1.165, 1.54) is 0 Å². The van der Waals surface area contributed by atoms with Crippen molar-refractivity contribution in [2.75, 3.05) is 0 Å². The van der Waals surface area contributed by atoms with E-state index in [2.05, 4.69) is 33.5 Å². The van der Waals surface area contributed by atoms with E-state index in [0.29, 0.717) is 17.1 Å². The number of aryl methyl sites for hydroxylation is 2. The Kier molecular flexibility index (Phi) is 5.44. The average molecular weight is 397 g/mol. The molecule has 150 valence electrons. The second-order valence-electron chi connectivity index (χ2n) is 7.37. The summed E-state index contributed by atoms with van der Waals surface area (Å²) in [4.78, 5) is 32.3. The zero-order valence-corrected chi connectivity index (χ0v) is 17.0. The van der Waals surface area contributed by atoms with Gasteiger partial charge in [-0.2, -0.15) is 0 Å². The van der Waals surface area contributed by atoms with Gasteiger partial charge in [-0.1, -0.05) is 72.8 Å². The topological polar surface area (TPSA) is 74.8 Å². The molecule has 1 amide bonds. The molecule has 0 saturated heterocycles. The number of aromatic nitrogens is 2. The van der Waals surface area contributed by atoms with Gasteiger partial charge in [0, 0.05) is 11.3 Å². The second kappa shape index (κ2) is 8.33. The van der Waals surface area contributed by atoms with Gasteiger partial charge in [0.25, 0.3) is 5.56 Å². The Morgan fingerprint density at radius 1 is 0.967 bits per heavy atom. The minimum atomic E-state index is -0.331. The van der Waals surface area contributed by atoms with Crippen molar-refractivity contribution in [2.45, 2.75) is 26.3 Å². The lowest BCUT2D eigenvalue weighted by molar-refractivity contribution is -0.121. The second-order valence-corrected chi connectivity index (χ2v) is 7.37. The minimum Gasteiger partial charge on any atom is -0.345 e. The maximum atomic E-state index is 13.0. The molecule has 0 radical (unpaired) electrons. The van der Waals surface area contributed by atoms with Crippen LogP contribution in [0.1, 0.15) is 34.3 Å². The molecule has 0 bridgehead atoms. The lowest BCUT2D eigenvalue weighted by atomic mass is 9.93. The molecule has 2 N–H and O–H groups in total. The predicted octanol–water partition coefficient (Wildman–Crippen LogP) is 3.99. The summed E-state index contributed by atoms with van der Waals surface area (Å²) in [6, 6.07) is 23.7. The first-order valence-electron chi connectivity index (χ1n) is 9.91. The number of carbonyl (C=O) groups is 1. The Hall–Kier alpha value is -3.73. The number of hydrogen-bond acceptors (Lipinski definition) is 3. The summed E-state index contributed by atoms with van der Waals surface area (Å²) in [5.41, 5.74) is 2.70. The molecule has 0 saturated carbocycles. The maximum Gasteiger partial charge on any atom is 0.254 e. The summed E-state index contributed by atoms with van der Waals surface area (Å²) >= 11 is 0. The highest BCUT2D eigenvalue weighted by atomic mass is 16.2. The highest BCUT2D eigenvalue weighted by Crippen LogP contribution is 2.29. The highest BCUT2D eigenvalue weighted by molar-refractivity contribution is 5.87. The lowest BCUT2D eigenvalue weighted by Crippen LogP contribution is -2.33. The zero-order chi connectivity index (χ0) is 21.1. The Labute approximate surface area is 174 Å². The van der Waals surface area contributed by atoms with Crippen molar-refractivity contribution in [1.29, 1.82) is 0 Å². The van der Waals surface area contributed by atoms with Gasteiger partial charge in [0.2, 0.25) is 5.91 Å². The third-order valence-electron chi connectivity index (χ3n) is 5.25. The van der Waals surface area contributed by atoms with Crippen LogP contribution >= 0.6 is 0 Å². The molecule has 4 rings (SSSR count). The lowest BCUT2D eigenvalue weighted by Gasteiger charge is -2.22. The summed E-state index contributed by atoms with van der Waals surface area (Å²) in [6.45, 7) is 3.48. The summed E-state index contributed by atoms with van der Waals surface area (Å²) < 4.78 is 0. The van der Waals surface area contributed by atoms with E-state index in [1.54, 1.807) is 13.8 Å². The van der Waals surface area contributed by atoms with E-state index in [4.69, 9.17) is 0 Å². The molecular weight excluding hydrogens is 374 g/mol. The quantitative estimate of drug-likeness (QED) is 0.535. The molecule has 0 aliphatic carbocycles. The number of aromatic amines is 1. The number of rotatable bonds is 5. The number of fused-ring (bicyclic) bond motifs is 1. The van der Waals surface area contributed by atoms with Crippen molar-refractivity contribution in [3.8, 4) is 0 Å². The van der Waals surface area contributed by atoms with Crippen LogP contribution < -0.4 is 10.9 Å². The third kappa shape index (κ3) is 4.01. The molecule has 1 atom stereocenters. The number of carbonyl (C=O) groups excluding carboxylic acids is 1. The van der Waals surface area contributed by atoms with Crippen molar-refractivity contribution in [2.24, 2.45) is 0 Å². The fraction of sp³-hybridized carbons (Fsp3) is 0.160. The van der Waals surface area contributed by atoms with E-state index in [9.17, 15) is 9.59 Å². The Morgan fingerprint density at radius 3 is 2.43 bits per heavy atom. The molecule has 1 heterocycles. The molecular formula is C25H23N3O2. The van der Waals surface area contributed by atoms with Gasteiger partial charge in [-0.15, -0.1) is 0 Å². The Bertz CT molecular complexity index is 1260. The van der Waals surface area contributed by atoms with Crippen LogP contribution in [-0.2, 0) is 11.2 Å². The molecule has 5 nitrogen and oxygen atoms in total. The van der Waals surface area contributed by atoms with Crippen molar-refractivity contribution in [3.63, 3.8) is 0 Å². The van der Waals surface area contributed by atoms with Gasteiger partial charge in [0.1, 0.15) is 5.82 Å². The molecule has 30 heavy (non-hydrogen) atoms. The molecule has 3 aromatic carbocycles. The normalized spacial score (nSPS) is 11.9. The van der Waals surface area contributed by atoms with Crippen molar-refractivity contribution >= 4 is 16.7 Å². The minimum absolute atomic E-state index is 0.0253. The summed E-state index contributed by atoms with van der Waals surface area (Å²) in [6.07, 6.45) is -0.0253. The molecule has 1 aromatic heterocycles. The van der Waals surface area contributed by atoms with Crippen LogP contribution in [-0.4, -0.2) is 15.9 Å². The first-order valence-corrected chi connectivity index (χ1v) is 9.91.